The van der Waals surface area contributed by atoms with Gasteiger partial charge in [0.15, 0.2) is 0 Å². The second-order valence-corrected chi connectivity index (χ2v) is 4.99. The Morgan fingerprint density at radius 2 is 1.35 bits per heavy atom. The summed E-state index contributed by atoms with van der Waals surface area (Å²) in [4.78, 5) is 0.435. The van der Waals surface area contributed by atoms with Crippen molar-refractivity contribution in [2.45, 2.75) is 24.6 Å². The standard InChI is InChI=1S/C9H12.C5H5.BF4.Fe/c1-8(2)9-6-4-3-5-7-9;1-2-4-5-3-1;2-1(3,4)5;/h3-8H,1-2H3;1-5H;;/q;;-1;+1. The van der Waals surface area contributed by atoms with Gasteiger partial charge in [-0.05, 0) is 11.5 Å². The molecular weight excluding hydrogens is 311 g/mol. The molecule has 0 bridgehead atoms. The predicted molar refractivity (Wildman–Crippen MR) is 72.7 cm³/mol. The first-order valence-electron chi connectivity index (χ1n) is 6.10. The van der Waals surface area contributed by atoms with Crippen LogP contribution in [0.1, 0.15) is 25.3 Å². The van der Waals surface area contributed by atoms with Crippen molar-refractivity contribution in [2.24, 2.45) is 0 Å². The van der Waals surface area contributed by atoms with Crippen LogP contribution < -0.4 is 0 Å². The Labute approximate surface area is 125 Å². The average molecular weight is 328 g/mol. The summed E-state index contributed by atoms with van der Waals surface area (Å²) < 4.78 is 39.0. The number of halogens is 4. The van der Waals surface area contributed by atoms with Gasteiger partial charge in [-0.2, -0.15) is 0 Å². The van der Waals surface area contributed by atoms with E-state index in [9.17, 15) is 17.3 Å². The summed E-state index contributed by atoms with van der Waals surface area (Å²) >= 11 is 3.76. The summed E-state index contributed by atoms with van der Waals surface area (Å²) in [5, 5.41) is 0. The molecule has 2 rings (SSSR count). The Hall–Kier alpha value is -0.996. The third-order valence-corrected chi connectivity index (χ3v) is 2.58. The molecule has 0 saturated carbocycles. The van der Waals surface area contributed by atoms with E-state index in [0.29, 0.717) is 10.7 Å². The zero-order valence-corrected chi connectivity index (χ0v) is 12.4. The van der Waals surface area contributed by atoms with Crippen LogP contribution in [0.15, 0.2) is 54.6 Å². The van der Waals surface area contributed by atoms with Gasteiger partial charge in [0.2, 0.25) is 0 Å². The number of hydrogen-bond acceptors (Lipinski definition) is 0. The molecule has 0 aliphatic heterocycles. The number of allylic oxidation sites excluding steroid dienone is 4. The fourth-order valence-electron chi connectivity index (χ4n) is 1.24. The molecule has 0 aromatic heterocycles. The van der Waals surface area contributed by atoms with Crippen molar-refractivity contribution < 1.29 is 33.3 Å². The van der Waals surface area contributed by atoms with Gasteiger partial charge in [-0.3, -0.25) is 0 Å². The summed E-state index contributed by atoms with van der Waals surface area (Å²) in [5.41, 5.74) is 1.41. The van der Waals surface area contributed by atoms with Crippen molar-refractivity contribution in [3.63, 3.8) is 0 Å². The summed E-state index contributed by atoms with van der Waals surface area (Å²) in [7, 11) is -6.00. The van der Waals surface area contributed by atoms with Crippen LogP contribution in [-0.4, -0.2) is 7.25 Å². The maximum atomic E-state index is 9.75. The quantitative estimate of drug-likeness (QED) is 0.468. The summed E-state index contributed by atoms with van der Waals surface area (Å²) in [6.07, 6.45) is 8.13. The molecule has 0 fully saturated rings. The van der Waals surface area contributed by atoms with Crippen LogP contribution in [0.25, 0.3) is 0 Å². The average Bonchev–Trinajstić information content (AvgIpc) is 2.80. The molecule has 1 aliphatic carbocycles. The second kappa shape index (κ2) is 9.84. The summed E-state index contributed by atoms with van der Waals surface area (Å²) in [6, 6.07) is 10.5. The fraction of sp³-hybridized carbons (Fsp3) is 0.286. The summed E-state index contributed by atoms with van der Waals surface area (Å²) in [6.45, 7) is 4.41. The Morgan fingerprint density at radius 1 is 0.950 bits per heavy atom. The van der Waals surface area contributed by atoms with Crippen molar-refractivity contribution in [2.75, 3.05) is 0 Å². The number of hydrogen-bond donors (Lipinski definition) is 0. The minimum absolute atomic E-state index is 0.435. The van der Waals surface area contributed by atoms with Crippen LogP contribution in [0.3, 0.4) is 0 Å². The zero-order valence-electron chi connectivity index (χ0n) is 11.3. The minimum atomic E-state index is -6.00. The van der Waals surface area contributed by atoms with E-state index >= 15 is 0 Å². The number of benzene rings is 1. The molecule has 0 amide bonds. The third-order valence-electron chi connectivity index (χ3n) is 2.16. The molecular formula is C14H17BF4Fe. The fourth-order valence-corrected chi connectivity index (χ4v) is 1.48. The van der Waals surface area contributed by atoms with E-state index in [-0.39, 0.29) is 0 Å². The monoisotopic (exact) mass is 328 g/mol. The van der Waals surface area contributed by atoms with Crippen molar-refractivity contribution in [3.8, 4) is 0 Å². The number of rotatable bonds is 1. The normalized spacial score (nSPS) is 13.6. The van der Waals surface area contributed by atoms with Crippen LogP contribution in [0.2, 0.25) is 4.82 Å². The molecule has 112 valence electrons. The molecule has 0 unspecified atom stereocenters. The molecule has 1 aliphatic rings. The predicted octanol–water partition coefficient (Wildman–Crippen LogP) is 5.56. The molecule has 1 aromatic rings. The molecule has 0 saturated heterocycles. The topological polar surface area (TPSA) is 0 Å². The Balaban J connectivity index is 0.000000288. The zero-order chi connectivity index (χ0) is 15.6. The van der Waals surface area contributed by atoms with E-state index in [4.69, 9.17) is 0 Å². The third kappa shape index (κ3) is 13.4. The second-order valence-electron chi connectivity index (χ2n) is 4.26. The molecule has 0 N–H and O–H groups in total. The van der Waals surface area contributed by atoms with E-state index in [1.165, 1.54) is 5.56 Å². The van der Waals surface area contributed by atoms with E-state index in [1.54, 1.807) is 0 Å². The molecule has 0 radical (unpaired) electrons. The van der Waals surface area contributed by atoms with Crippen molar-refractivity contribution in [1.29, 1.82) is 0 Å². The van der Waals surface area contributed by atoms with E-state index < -0.39 is 7.25 Å². The van der Waals surface area contributed by atoms with Gasteiger partial charge in [0.1, 0.15) is 0 Å². The van der Waals surface area contributed by atoms with Crippen LogP contribution in [0.5, 0.6) is 0 Å². The van der Waals surface area contributed by atoms with Gasteiger partial charge in [-0.1, -0.05) is 44.2 Å². The van der Waals surface area contributed by atoms with Crippen molar-refractivity contribution in [1.82, 2.24) is 0 Å². The molecule has 0 spiro atoms. The Kier molecular flexibility index (Phi) is 9.35. The molecule has 20 heavy (non-hydrogen) atoms. The van der Waals surface area contributed by atoms with Gasteiger partial charge in [0.25, 0.3) is 0 Å². The van der Waals surface area contributed by atoms with Gasteiger partial charge in [-0.25, -0.2) is 0 Å². The summed E-state index contributed by atoms with van der Waals surface area (Å²) in [5.74, 6) is 0.659. The van der Waals surface area contributed by atoms with Crippen molar-refractivity contribution >= 4 is 7.25 Å². The van der Waals surface area contributed by atoms with Gasteiger partial charge >= 0.3 is 52.4 Å². The van der Waals surface area contributed by atoms with Crippen LogP contribution >= 0.6 is 0 Å². The van der Waals surface area contributed by atoms with Gasteiger partial charge < -0.3 is 17.3 Å². The van der Waals surface area contributed by atoms with Gasteiger partial charge in [-0.15, -0.1) is 0 Å². The SMILES string of the molecule is CC(C)c1ccccc1.F[B-](F)(F)F.[Fe+][CH]1C=CC=C1. The molecule has 1 aromatic carbocycles. The van der Waals surface area contributed by atoms with Gasteiger partial charge in [0, 0.05) is 0 Å². The Morgan fingerprint density at radius 3 is 1.55 bits per heavy atom. The van der Waals surface area contributed by atoms with E-state index in [1.807, 2.05) is 18.2 Å². The van der Waals surface area contributed by atoms with E-state index in [0.717, 1.165) is 0 Å². The van der Waals surface area contributed by atoms with Crippen LogP contribution in [0.4, 0.5) is 17.3 Å². The molecule has 0 nitrogen and oxygen atoms in total. The Bertz CT molecular complexity index is 395. The first-order valence-corrected chi connectivity index (χ1v) is 6.74. The van der Waals surface area contributed by atoms with Crippen molar-refractivity contribution in [3.05, 3.63) is 60.2 Å². The first-order chi connectivity index (χ1) is 9.20. The first kappa shape index (κ1) is 19.0. The van der Waals surface area contributed by atoms with Gasteiger partial charge in [0.05, 0.1) is 0 Å². The molecule has 0 atom stereocenters. The van der Waals surface area contributed by atoms with Crippen LogP contribution in [0, 0.1) is 0 Å². The van der Waals surface area contributed by atoms with E-state index in [2.05, 4.69) is 66.3 Å². The maximum absolute atomic E-state index is 9.75. The molecule has 0 heterocycles. The van der Waals surface area contributed by atoms with Crippen LogP contribution in [-0.2, 0) is 16.0 Å². The molecule has 6 heteroatoms.